The van der Waals surface area contributed by atoms with Gasteiger partial charge in [-0.05, 0) is 36.6 Å². The molecular weight excluding hydrogens is 318 g/mol. The molecule has 0 atom stereocenters. The fourth-order valence-corrected chi connectivity index (χ4v) is 3.55. The number of aromatic hydroxyl groups is 1. The highest BCUT2D eigenvalue weighted by atomic mass is 16.7. The van der Waals surface area contributed by atoms with Crippen LogP contribution in [0.1, 0.15) is 12.0 Å². The number of rotatable bonds is 4. The predicted molar refractivity (Wildman–Crippen MR) is 93.2 cm³/mol. The van der Waals surface area contributed by atoms with E-state index in [-0.39, 0.29) is 12.5 Å². The fourth-order valence-electron chi connectivity index (χ4n) is 3.55. The van der Waals surface area contributed by atoms with Crippen molar-refractivity contribution in [3.05, 3.63) is 40.4 Å². The number of hydrogen-bond donors (Lipinski definition) is 3. The molecule has 0 saturated carbocycles. The largest absolute Gasteiger partial charge is 0.501 e. The lowest BCUT2D eigenvalue weighted by atomic mass is 10.1. The number of benzene rings is 2. The van der Waals surface area contributed by atoms with Gasteiger partial charge >= 0.3 is 0 Å². The van der Waals surface area contributed by atoms with Crippen LogP contribution in [0.4, 0.5) is 11.4 Å². The first-order valence-corrected chi connectivity index (χ1v) is 8.45. The molecular formula is C19H18N3O3+. The van der Waals surface area contributed by atoms with Gasteiger partial charge in [-0.3, -0.25) is 4.99 Å². The first-order chi connectivity index (χ1) is 12.3. The second-order valence-corrected chi connectivity index (χ2v) is 6.35. The number of ether oxygens (including phenoxy) is 2. The number of anilines is 1. The second-order valence-electron chi connectivity index (χ2n) is 6.35. The molecule has 126 valence electrons. The first kappa shape index (κ1) is 14.3. The van der Waals surface area contributed by atoms with E-state index in [2.05, 4.69) is 15.3 Å². The molecule has 3 aliphatic heterocycles. The fraction of sp³-hybridized carbons (Fsp3) is 0.263. The molecule has 0 bridgehead atoms. The monoisotopic (exact) mass is 336 g/mol. The Morgan fingerprint density at radius 3 is 3.08 bits per heavy atom. The van der Waals surface area contributed by atoms with Crippen molar-refractivity contribution in [3.63, 3.8) is 0 Å². The van der Waals surface area contributed by atoms with E-state index in [0.29, 0.717) is 12.2 Å². The minimum absolute atomic E-state index is 0.257. The smallest absolute Gasteiger partial charge is 0.257 e. The van der Waals surface area contributed by atoms with E-state index in [1.165, 1.54) is 5.57 Å². The maximum Gasteiger partial charge on any atom is 0.257 e. The molecule has 0 spiro atoms. The Balaban J connectivity index is 1.37. The summed E-state index contributed by atoms with van der Waals surface area (Å²) in [5.74, 6) is 1.85. The Labute approximate surface area is 144 Å². The lowest BCUT2D eigenvalue weighted by molar-refractivity contribution is -0.345. The van der Waals surface area contributed by atoms with E-state index in [9.17, 15) is 5.11 Å². The Morgan fingerprint density at radius 1 is 1.20 bits per heavy atom. The number of nitrogens with one attached hydrogen (secondary N) is 2. The van der Waals surface area contributed by atoms with Crippen molar-refractivity contribution < 1.29 is 19.6 Å². The molecule has 6 nitrogen and oxygen atoms in total. The van der Waals surface area contributed by atoms with Gasteiger partial charge in [0.05, 0.1) is 16.3 Å². The van der Waals surface area contributed by atoms with Gasteiger partial charge in [0, 0.05) is 18.7 Å². The summed E-state index contributed by atoms with van der Waals surface area (Å²) in [6.45, 7) is 1.78. The number of hydrogen-bond acceptors (Lipinski definition) is 5. The molecule has 5 rings (SSSR count). The van der Waals surface area contributed by atoms with Crippen LogP contribution in [-0.2, 0) is 6.42 Å². The zero-order valence-corrected chi connectivity index (χ0v) is 13.6. The van der Waals surface area contributed by atoms with Crippen LogP contribution in [0.15, 0.2) is 29.3 Å². The summed E-state index contributed by atoms with van der Waals surface area (Å²) in [4.78, 5) is 7.77. The lowest BCUT2D eigenvalue weighted by Gasteiger charge is -2.10. The van der Waals surface area contributed by atoms with E-state index in [0.717, 1.165) is 52.7 Å². The van der Waals surface area contributed by atoms with Crippen LogP contribution in [0.25, 0.3) is 5.57 Å². The van der Waals surface area contributed by atoms with Crippen molar-refractivity contribution in [1.29, 1.82) is 0 Å². The molecule has 0 radical (unpaired) electrons. The van der Waals surface area contributed by atoms with Gasteiger partial charge in [-0.1, -0.05) is 6.07 Å². The van der Waals surface area contributed by atoms with Gasteiger partial charge in [0.25, 0.3) is 5.69 Å². The number of phenolic OH excluding ortho intramolecular Hbond substituents is 1. The van der Waals surface area contributed by atoms with Gasteiger partial charge in [0.1, 0.15) is 0 Å². The van der Waals surface area contributed by atoms with Crippen LogP contribution in [0.3, 0.4) is 0 Å². The summed E-state index contributed by atoms with van der Waals surface area (Å²) in [6, 6.07) is 7.91. The van der Waals surface area contributed by atoms with Crippen LogP contribution in [0, 0.1) is 0 Å². The Hall–Kier alpha value is -3.02. The molecule has 6 heteroatoms. The van der Waals surface area contributed by atoms with Gasteiger partial charge in [-0.2, -0.15) is 0 Å². The zero-order valence-electron chi connectivity index (χ0n) is 13.6. The Bertz CT molecular complexity index is 1030. The van der Waals surface area contributed by atoms with E-state index in [4.69, 9.17) is 9.47 Å². The third kappa shape index (κ3) is 2.33. The lowest BCUT2D eigenvalue weighted by Crippen LogP contribution is -2.61. The number of fused-ring (bicyclic) bond motifs is 1. The standard InChI is InChI=1S/C19H17N3O3/c23-19-14(8-13-17-12(4-6-20-13)9-22-18(17)19)21-5-3-11-1-2-15-16(7-11)25-10-24-15/h1-2,7-9,21,23H,3-6,10H2/p+1. The van der Waals surface area contributed by atoms with E-state index < -0.39 is 0 Å². The van der Waals surface area contributed by atoms with Gasteiger partial charge in [-0.25, -0.2) is 4.99 Å². The van der Waals surface area contributed by atoms with Gasteiger partial charge in [-0.15, -0.1) is 0 Å². The zero-order chi connectivity index (χ0) is 16.8. The summed E-state index contributed by atoms with van der Waals surface area (Å²) >= 11 is 0. The maximum atomic E-state index is 10.6. The summed E-state index contributed by atoms with van der Waals surface area (Å²) in [6.07, 6.45) is 3.71. The van der Waals surface area contributed by atoms with E-state index in [1.54, 1.807) is 0 Å². The Morgan fingerprint density at radius 2 is 2.12 bits per heavy atom. The van der Waals surface area contributed by atoms with Gasteiger partial charge in [0.2, 0.25) is 12.5 Å². The summed E-state index contributed by atoms with van der Waals surface area (Å²) < 4.78 is 10.7. The number of nitrogens with zero attached hydrogens (tertiary/aromatic N) is 1. The van der Waals surface area contributed by atoms with E-state index in [1.807, 2.05) is 30.5 Å². The third-order valence-electron chi connectivity index (χ3n) is 4.82. The minimum Gasteiger partial charge on any atom is -0.501 e. The summed E-state index contributed by atoms with van der Waals surface area (Å²) in [5, 5.41) is 15.9. The number of phenols is 1. The van der Waals surface area contributed by atoms with Crippen molar-refractivity contribution in [1.82, 2.24) is 0 Å². The molecule has 3 heterocycles. The van der Waals surface area contributed by atoms with Crippen molar-refractivity contribution in [2.24, 2.45) is 4.99 Å². The average Bonchev–Trinajstić information content (AvgIpc) is 3.26. The molecule has 0 aromatic heterocycles. The van der Waals surface area contributed by atoms with Crippen molar-refractivity contribution >= 4 is 23.2 Å². The summed E-state index contributed by atoms with van der Waals surface area (Å²) in [7, 11) is 0. The third-order valence-corrected chi connectivity index (χ3v) is 4.82. The summed E-state index contributed by atoms with van der Waals surface area (Å²) in [5.41, 5.74) is 3.86. The topological polar surface area (TPSA) is 77.0 Å². The van der Waals surface area contributed by atoms with Crippen molar-refractivity contribution in [3.8, 4) is 17.2 Å². The molecule has 0 unspecified atom stereocenters. The second kappa shape index (κ2) is 5.51. The SMILES string of the molecule is Oc1c(NCCc2ccc3c(c2)OCO3)cc2c3c1[NH+]=CC=3CCN=2. The van der Waals surface area contributed by atoms with Crippen LogP contribution in [0.5, 0.6) is 17.2 Å². The molecule has 0 fully saturated rings. The van der Waals surface area contributed by atoms with Gasteiger partial charge in [0.15, 0.2) is 17.7 Å². The minimum atomic E-state index is 0.257. The Kier molecular flexibility index (Phi) is 3.16. The maximum absolute atomic E-state index is 10.6. The highest BCUT2D eigenvalue weighted by Gasteiger charge is 2.24. The van der Waals surface area contributed by atoms with E-state index >= 15 is 0 Å². The van der Waals surface area contributed by atoms with Crippen LogP contribution in [-0.4, -0.2) is 31.2 Å². The molecule has 2 aromatic rings. The molecule has 3 aliphatic rings. The first-order valence-electron chi connectivity index (χ1n) is 8.45. The highest BCUT2D eigenvalue weighted by Crippen LogP contribution is 2.32. The van der Waals surface area contributed by atoms with Crippen LogP contribution >= 0.6 is 0 Å². The molecule has 25 heavy (non-hydrogen) atoms. The molecule has 0 aliphatic carbocycles. The molecule has 3 N–H and O–H groups in total. The van der Waals surface area contributed by atoms with Crippen molar-refractivity contribution in [2.45, 2.75) is 12.8 Å². The van der Waals surface area contributed by atoms with Crippen LogP contribution in [0.2, 0.25) is 0 Å². The van der Waals surface area contributed by atoms with Gasteiger partial charge < -0.3 is 19.9 Å². The van der Waals surface area contributed by atoms with Crippen molar-refractivity contribution in [2.75, 3.05) is 25.2 Å². The molecule has 0 saturated heterocycles. The highest BCUT2D eigenvalue weighted by molar-refractivity contribution is 6.02. The van der Waals surface area contributed by atoms with Crippen LogP contribution < -0.4 is 30.4 Å². The predicted octanol–water partition coefficient (Wildman–Crippen LogP) is -0.254. The average molecular weight is 336 g/mol. The molecule has 0 amide bonds. The quantitative estimate of drug-likeness (QED) is 0.673. The molecule has 2 aromatic carbocycles. The normalized spacial score (nSPS) is 15.9.